The van der Waals surface area contributed by atoms with E-state index in [9.17, 15) is 25.2 Å². The summed E-state index contributed by atoms with van der Waals surface area (Å²) in [6, 6.07) is 0. The summed E-state index contributed by atoms with van der Waals surface area (Å²) in [6.07, 6.45) is 5.04. The summed E-state index contributed by atoms with van der Waals surface area (Å²) in [5.74, 6) is 2.12. The Morgan fingerprint density at radius 2 is 1.03 bits per heavy atom. The van der Waals surface area contributed by atoms with E-state index in [4.69, 9.17) is 5.11 Å². The summed E-state index contributed by atoms with van der Waals surface area (Å²) in [7, 11) is 0. The molecule has 0 amide bonds. The summed E-state index contributed by atoms with van der Waals surface area (Å²) in [4.78, 5) is 12.1. The fraction of sp³-hybridized carbons (Fsp3) is 0.962. The lowest BCUT2D eigenvalue weighted by Crippen LogP contribution is -2.48. The molecule has 0 aliphatic carbocycles. The lowest BCUT2D eigenvalue weighted by Gasteiger charge is -2.25. The van der Waals surface area contributed by atoms with E-state index < -0.39 is 36.8 Å². The van der Waals surface area contributed by atoms with Crippen molar-refractivity contribution in [1.29, 1.82) is 0 Å². The molecule has 0 rings (SSSR count). The number of aliphatic hydroxyl groups is 5. The Morgan fingerprint density at radius 1 is 0.625 bits per heavy atom. The Labute approximate surface area is 196 Å². The van der Waals surface area contributed by atoms with E-state index in [1.54, 1.807) is 0 Å². The lowest BCUT2D eigenvalue weighted by molar-refractivity contribution is -0.147. The van der Waals surface area contributed by atoms with Crippen LogP contribution in [0.4, 0.5) is 0 Å². The normalized spacial score (nSPS) is 18.7. The molecule has 0 aliphatic rings. The van der Waals surface area contributed by atoms with E-state index in [1.807, 2.05) is 0 Å². The van der Waals surface area contributed by atoms with Gasteiger partial charge in [-0.25, -0.2) is 0 Å². The van der Waals surface area contributed by atoms with Crippen molar-refractivity contribution < 1.29 is 30.3 Å². The molecule has 192 valence electrons. The quantitative estimate of drug-likeness (QED) is 0.188. The predicted octanol–water partition coefficient (Wildman–Crippen LogP) is 3.85. The van der Waals surface area contributed by atoms with Gasteiger partial charge in [-0.15, -0.1) is 0 Å². The van der Waals surface area contributed by atoms with Gasteiger partial charge in [0.2, 0.25) is 0 Å². The van der Waals surface area contributed by atoms with Crippen molar-refractivity contribution in [2.75, 3.05) is 6.61 Å². The molecule has 0 radical (unpaired) electrons. The Hall–Kier alpha value is -0.530. The van der Waals surface area contributed by atoms with Crippen molar-refractivity contribution in [3.05, 3.63) is 0 Å². The number of carbonyl (C=O) groups is 1. The third-order valence-electron chi connectivity index (χ3n) is 6.73. The maximum absolute atomic E-state index is 12.1. The highest BCUT2D eigenvalue weighted by molar-refractivity contribution is 5.83. The van der Waals surface area contributed by atoms with Crippen molar-refractivity contribution in [2.24, 2.45) is 23.7 Å². The Balaban J connectivity index is 3.95. The molecule has 0 fully saturated rings. The monoisotopic (exact) mass is 460 g/mol. The first-order chi connectivity index (χ1) is 15.0. The van der Waals surface area contributed by atoms with Crippen LogP contribution in [0.3, 0.4) is 0 Å². The molecule has 0 bridgehead atoms. The number of aliphatic hydroxyl groups excluding tert-OH is 5. The first-order valence-corrected chi connectivity index (χ1v) is 12.8. The third kappa shape index (κ3) is 14.6. The first kappa shape index (κ1) is 31.5. The van der Waals surface area contributed by atoms with E-state index in [0.717, 1.165) is 24.7 Å². The molecule has 7 atom stereocenters. The lowest BCUT2D eigenvalue weighted by atomic mass is 9.90. The van der Waals surface area contributed by atoms with Gasteiger partial charge in [-0.3, -0.25) is 4.79 Å². The highest BCUT2D eigenvalue weighted by Gasteiger charge is 2.33. The van der Waals surface area contributed by atoms with Crippen LogP contribution in [0.15, 0.2) is 0 Å². The second-order valence-electron chi connectivity index (χ2n) is 10.7. The average molecular weight is 461 g/mol. The summed E-state index contributed by atoms with van der Waals surface area (Å²) < 4.78 is 0. The smallest absolute Gasteiger partial charge is 0.164 e. The van der Waals surface area contributed by atoms with Crippen LogP contribution in [0.1, 0.15) is 105 Å². The molecule has 0 aromatic heterocycles. The van der Waals surface area contributed by atoms with Crippen LogP contribution in [0.5, 0.6) is 0 Å². The van der Waals surface area contributed by atoms with E-state index in [-0.39, 0.29) is 6.42 Å². The van der Waals surface area contributed by atoms with Crippen LogP contribution >= 0.6 is 0 Å². The molecule has 3 unspecified atom stereocenters. The van der Waals surface area contributed by atoms with Gasteiger partial charge in [-0.05, 0) is 30.1 Å². The maximum atomic E-state index is 12.1. The Morgan fingerprint density at radius 3 is 1.44 bits per heavy atom. The molecule has 0 saturated heterocycles. The van der Waals surface area contributed by atoms with Gasteiger partial charge in [0.05, 0.1) is 6.61 Å². The van der Waals surface area contributed by atoms with Gasteiger partial charge in [-0.2, -0.15) is 0 Å². The van der Waals surface area contributed by atoms with Gasteiger partial charge in [-0.1, -0.05) is 92.4 Å². The largest absolute Gasteiger partial charge is 0.394 e. The number of Topliss-reactive ketones (excluding diaryl/α,β-unsaturated/α-hetero) is 1. The average Bonchev–Trinajstić information content (AvgIpc) is 2.74. The molecule has 0 aromatic carbocycles. The number of rotatable bonds is 20. The van der Waals surface area contributed by atoms with Crippen LogP contribution in [0, 0.1) is 23.7 Å². The minimum Gasteiger partial charge on any atom is -0.394 e. The standard InChI is InChI=1S/C26H52O6/c1-18(2)9-6-10-19(3)11-7-12-20(4)13-8-14-21(5)15-16-22(28)24(30)26(32)25(31)23(29)17-27/h18-21,23-27,29-32H,6-17H2,1-5H3/t19?,20?,21?,23-,24+,25-,26-/m1/s1. The number of hydrogen-bond donors (Lipinski definition) is 5. The minimum atomic E-state index is -1.81. The van der Waals surface area contributed by atoms with E-state index >= 15 is 0 Å². The summed E-state index contributed by atoms with van der Waals surface area (Å²) in [6.45, 7) is 10.6. The van der Waals surface area contributed by atoms with Gasteiger partial charge in [0, 0.05) is 6.42 Å². The van der Waals surface area contributed by atoms with E-state index in [0.29, 0.717) is 18.3 Å². The molecule has 32 heavy (non-hydrogen) atoms. The summed E-state index contributed by atoms with van der Waals surface area (Å²) in [5, 5.41) is 47.5. The fourth-order valence-corrected chi connectivity index (χ4v) is 4.19. The third-order valence-corrected chi connectivity index (χ3v) is 6.73. The van der Waals surface area contributed by atoms with Crippen LogP contribution < -0.4 is 0 Å². The molecule has 0 heterocycles. The number of carbonyl (C=O) groups excluding carboxylic acids is 1. The topological polar surface area (TPSA) is 118 Å². The van der Waals surface area contributed by atoms with Crippen molar-refractivity contribution in [1.82, 2.24) is 0 Å². The van der Waals surface area contributed by atoms with Crippen molar-refractivity contribution in [2.45, 2.75) is 130 Å². The summed E-state index contributed by atoms with van der Waals surface area (Å²) >= 11 is 0. The van der Waals surface area contributed by atoms with Gasteiger partial charge < -0.3 is 25.5 Å². The second-order valence-corrected chi connectivity index (χ2v) is 10.7. The molecule has 0 saturated carbocycles. The number of hydrogen-bond acceptors (Lipinski definition) is 6. The molecule has 0 aromatic rings. The molecular weight excluding hydrogens is 408 g/mol. The molecule has 6 nitrogen and oxygen atoms in total. The zero-order valence-electron chi connectivity index (χ0n) is 21.2. The maximum Gasteiger partial charge on any atom is 0.164 e. The zero-order chi connectivity index (χ0) is 24.7. The van der Waals surface area contributed by atoms with Gasteiger partial charge in [0.15, 0.2) is 5.78 Å². The van der Waals surface area contributed by atoms with Gasteiger partial charge in [0.1, 0.15) is 24.4 Å². The van der Waals surface area contributed by atoms with Gasteiger partial charge in [0.25, 0.3) is 0 Å². The SMILES string of the molecule is CC(C)CCCC(C)CCCC(C)CCCC(C)CCC(=O)[C@H](O)[C@@H](O)[C@H](O)[C@H](O)CO. The van der Waals surface area contributed by atoms with Crippen LogP contribution in [-0.2, 0) is 4.79 Å². The molecule has 0 aliphatic heterocycles. The fourth-order valence-electron chi connectivity index (χ4n) is 4.19. The Kier molecular flexibility index (Phi) is 17.6. The van der Waals surface area contributed by atoms with E-state index in [1.165, 1.54) is 44.9 Å². The van der Waals surface area contributed by atoms with Crippen molar-refractivity contribution in [3.63, 3.8) is 0 Å². The molecular formula is C26H52O6. The van der Waals surface area contributed by atoms with Crippen LogP contribution in [0.2, 0.25) is 0 Å². The molecule has 6 heteroatoms. The molecule has 5 N–H and O–H groups in total. The van der Waals surface area contributed by atoms with E-state index in [2.05, 4.69) is 34.6 Å². The highest BCUT2D eigenvalue weighted by atomic mass is 16.4. The summed E-state index contributed by atoms with van der Waals surface area (Å²) in [5.41, 5.74) is 0. The predicted molar refractivity (Wildman–Crippen MR) is 129 cm³/mol. The minimum absolute atomic E-state index is 0.117. The first-order valence-electron chi connectivity index (χ1n) is 12.8. The Bertz CT molecular complexity index is 469. The number of ketones is 1. The highest BCUT2D eigenvalue weighted by Crippen LogP contribution is 2.23. The van der Waals surface area contributed by atoms with Gasteiger partial charge >= 0.3 is 0 Å². The van der Waals surface area contributed by atoms with Crippen molar-refractivity contribution in [3.8, 4) is 0 Å². The second kappa shape index (κ2) is 17.9. The van der Waals surface area contributed by atoms with Crippen molar-refractivity contribution >= 4 is 5.78 Å². The van der Waals surface area contributed by atoms with Crippen LogP contribution in [0.25, 0.3) is 0 Å². The molecule has 0 spiro atoms. The zero-order valence-corrected chi connectivity index (χ0v) is 21.2. The van der Waals surface area contributed by atoms with Crippen LogP contribution in [-0.4, -0.2) is 62.3 Å².